The van der Waals surface area contributed by atoms with Crippen LogP contribution >= 0.6 is 0 Å². The lowest BCUT2D eigenvalue weighted by atomic mass is 10.2. The van der Waals surface area contributed by atoms with Crippen LogP contribution < -0.4 is 5.73 Å². The highest BCUT2D eigenvalue weighted by Gasteiger charge is 2.37. The average molecular weight is 157 g/mol. The van der Waals surface area contributed by atoms with Crippen molar-refractivity contribution in [2.75, 3.05) is 0 Å². The molecule has 1 aliphatic carbocycles. The standard InChI is InChI=1S/C7H11NO3/c1-4(9)11-6(7(8)10)5-2-3-5/h5-6H,2-3H2,1H3,(H2,8,10). The van der Waals surface area contributed by atoms with Gasteiger partial charge in [-0.15, -0.1) is 0 Å². The summed E-state index contributed by atoms with van der Waals surface area (Å²) in [6.45, 7) is 1.28. The van der Waals surface area contributed by atoms with Crippen molar-refractivity contribution in [3.63, 3.8) is 0 Å². The van der Waals surface area contributed by atoms with E-state index in [1.165, 1.54) is 6.92 Å². The maximum absolute atomic E-state index is 10.7. The molecule has 2 N–H and O–H groups in total. The minimum absolute atomic E-state index is 0.177. The van der Waals surface area contributed by atoms with Gasteiger partial charge < -0.3 is 10.5 Å². The molecule has 1 amide bonds. The minimum atomic E-state index is -0.688. The molecule has 62 valence electrons. The van der Waals surface area contributed by atoms with Crippen LogP contribution in [0.1, 0.15) is 19.8 Å². The maximum Gasteiger partial charge on any atom is 0.303 e. The molecular weight excluding hydrogens is 146 g/mol. The Hall–Kier alpha value is -1.06. The van der Waals surface area contributed by atoms with Crippen LogP contribution in [0.15, 0.2) is 0 Å². The van der Waals surface area contributed by atoms with E-state index < -0.39 is 18.0 Å². The van der Waals surface area contributed by atoms with Crippen molar-refractivity contribution < 1.29 is 14.3 Å². The molecule has 11 heavy (non-hydrogen) atoms. The highest BCUT2D eigenvalue weighted by molar-refractivity contribution is 5.82. The Morgan fingerprint density at radius 2 is 2.09 bits per heavy atom. The molecule has 0 heterocycles. The van der Waals surface area contributed by atoms with Gasteiger partial charge in [0.05, 0.1) is 0 Å². The van der Waals surface area contributed by atoms with Crippen molar-refractivity contribution in [3.05, 3.63) is 0 Å². The highest BCUT2D eigenvalue weighted by Crippen LogP contribution is 2.34. The molecule has 0 aliphatic heterocycles. The van der Waals surface area contributed by atoms with Gasteiger partial charge in [-0.3, -0.25) is 9.59 Å². The van der Waals surface area contributed by atoms with E-state index in [0.717, 1.165) is 12.8 Å². The monoisotopic (exact) mass is 157 g/mol. The highest BCUT2D eigenvalue weighted by atomic mass is 16.5. The zero-order valence-corrected chi connectivity index (χ0v) is 6.37. The lowest BCUT2D eigenvalue weighted by Crippen LogP contribution is -2.34. The van der Waals surface area contributed by atoms with Gasteiger partial charge in [-0.2, -0.15) is 0 Å². The molecule has 1 unspecified atom stereocenters. The van der Waals surface area contributed by atoms with Crippen LogP contribution in [0.3, 0.4) is 0 Å². The van der Waals surface area contributed by atoms with E-state index in [1.54, 1.807) is 0 Å². The first-order chi connectivity index (χ1) is 5.11. The second kappa shape index (κ2) is 2.90. The Balaban J connectivity index is 2.45. The molecule has 1 saturated carbocycles. The van der Waals surface area contributed by atoms with Gasteiger partial charge in [0.15, 0.2) is 6.10 Å². The van der Waals surface area contributed by atoms with Gasteiger partial charge >= 0.3 is 5.97 Å². The van der Waals surface area contributed by atoms with Crippen molar-refractivity contribution >= 4 is 11.9 Å². The molecule has 0 saturated heterocycles. The smallest absolute Gasteiger partial charge is 0.303 e. The van der Waals surface area contributed by atoms with Gasteiger partial charge in [-0.05, 0) is 12.8 Å². The number of esters is 1. The summed E-state index contributed by atoms with van der Waals surface area (Å²) in [7, 11) is 0. The Morgan fingerprint density at radius 1 is 1.55 bits per heavy atom. The molecular formula is C7H11NO3. The number of carbonyl (C=O) groups excluding carboxylic acids is 2. The average Bonchev–Trinajstić information content (AvgIpc) is 2.63. The Kier molecular flexibility index (Phi) is 2.12. The predicted molar refractivity (Wildman–Crippen MR) is 37.5 cm³/mol. The topological polar surface area (TPSA) is 69.4 Å². The van der Waals surface area contributed by atoms with Gasteiger partial charge in [0.2, 0.25) is 0 Å². The van der Waals surface area contributed by atoms with Crippen LogP contribution in [-0.4, -0.2) is 18.0 Å². The van der Waals surface area contributed by atoms with Crippen LogP contribution in [0.4, 0.5) is 0 Å². The summed E-state index contributed by atoms with van der Waals surface area (Å²) in [5, 5.41) is 0. The second-order valence-electron chi connectivity index (χ2n) is 2.77. The SMILES string of the molecule is CC(=O)OC(C(N)=O)C1CC1. The maximum atomic E-state index is 10.7. The summed E-state index contributed by atoms with van der Waals surface area (Å²) in [6, 6.07) is 0. The minimum Gasteiger partial charge on any atom is -0.452 e. The number of rotatable bonds is 3. The quantitative estimate of drug-likeness (QED) is 0.577. The number of carbonyl (C=O) groups is 2. The summed E-state index contributed by atoms with van der Waals surface area (Å²) in [5.74, 6) is -0.806. The van der Waals surface area contributed by atoms with Crippen LogP contribution in [0.25, 0.3) is 0 Å². The van der Waals surface area contributed by atoms with Crippen molar-refractivity contribution in [2.24, 2.45) is 11.7 Å². The first-order valence-electron chi connectivity index (χ1n) is 3.58. The number of amides is 1. The van der Waals surface area contributed by atoms with E-state index in [4.69, 9.17) is 10.5 Å². The van der Waals surface area contributed by atoms with Gasteiger partial charge in [-0.25, -0.2) is 0 Å². The summed E-state index contributed by atoms with van der Waals surface area (Å²) < 4.78 is 4.72. The van der Waals surface area contributed by atoms with E-state index in [9.17, 15) is 9.59 Å². The normalized spacial score (nSPS) is 19.0. The number of ether oxygens (including phenoxy) is 1. The number of hydrogen-bond donors (Lipinski definition) is 1. The predicted octanol–water partition coefficient (Wildman–Crippen LogP) is -0.187. The second-order valence-corrected chi connectivity index (χ2v) is 2.77. The molecule has 4 heteroatoms. The number of hydrogen-bond acceptors (Lipinski definition) is 3. The van der Waals surface area contributed by atoms with E-state index in [0.29, 0.717) is 0 Å². The lowest BCUT2D eigenvalue weighted by Gasteiger charge is -2.11. The first-order valence-corrected chi connectivity index (χ1v) is 3.58. The number of primary amides is 1. The lowest BCUT2D eigenvalue weighted by molar-refractivity contribution is -0.153. The molecule has 0 aromatic heterocycles. The molecule has 1 aliphatic rings. The Morgan fingerprint density at radius 3 is 2.36 bits per heavy atom. The van der Waals surface area contributed by atoms with Gasteiger partial charge in [0.1, 0.15) is 0 Å². The summed E-state index contributed by atoms with van der Waals surface area (Å²) in [6.07, 6.45) is 1.18. The van der Waals surface area contributed by atoms with Gasteiger partial charge in [-0.1, -0.05) is 0 Å². The van der Waals surface area contributed by atoms with Gasteiger partial charge in [0, 0.05) is 12.8 Å². The molecule has 0 radical (unpaired) electrons. The molecule has 0 bridgehead atoms. The Labute approximate surface area is 64.7 Å². The fourth-order valence-corrected chi connectivity index (χ4v) is 0.964. The molecule has 4 nitrogen and oxygen atoms in total. The largest absolute Gasteiger partial charge is 0.452 e. The third-order valence-electron chi connectivity index (χ3n) is 1.62. The third kappa shape index (κ3) is 2.22. The van der Waals surface area contributed by atoms with Crippen molar-refractivity contribution in [3.8, 4) is 0 Å². The van der Waals surface area contributed by atoms with Gasteiger partial charge in [0.25, 0.3) is 5.91 Å². The van der Waals surface area contributed by atoms with Crippen LogP contribution in [0.5, 0.6) is 0 Å². The van der Waals surface area contributed by atoms with Crippen LogP contribution in [0.2, 0.25) is 0 Å². The van der Waals surface area contributed by atoms with E-state index in [1.807, 2.05) is 0 Å². The molecule has 0 aromatic rings. The summed E-state index contributed by atoms with van der Waals surface area (Å²) in [5.41, 5.74) is 5.01. The molecule has 1 rings (SSSR count). The first kappa shape index (κ1) is 8.04. The third-order valence-corrected chi connectivity index (χ3v) is 1.62. The van der Waals surface area contributed by atoms with E-state index in [2.05, 4.69) is 0 Å². The number of nitrogens with two attached hydrogens (primary N) is 1. The fraction of sp³-hybridized carbons (Fsp3) is 0.714. The van der Waals surface area contributed by atoms with Crippen molar-refractivity contribution in [1.82, 2.24) is 0 Å². The van der Waals surface area contributed by atoms with Crippen LogP contribution in [0, 0.1) is 5.92 Å². The van der Waals surface area contributed by atoms with Crippen LogP contribution in [-0.2, 0) is 14.3 Å². The summed E-state index contributed by atoms with van der Waals surface area (Å²) >= 11 is 0. The molecule has 1 fully saturated rings. The zero-order valence-electron chi connectivity index (χ0n) is 6.37. The molecule has 0 aromatic carbocycles. The zero-order chi connectivity index (χ0) is 8.43. The van der Waals surface area contributed by atoms with E-state index in [-0.39, 0.29) is 5.92 Å². The Bertz CT molecular complexity index is 186. The molecule has 0 spiro atoms. The van der Waals surface area contributed by atoms with Crippen molar-refractivity contribution in [2.45, 2.75) is 25.9 Å². The summed E-state index contributed by atoms with van der Waals surface area (Å²) in [4.78, 5) is 21.1. The van der Waals surface area contributed by atoms with Crippen molar-refractivity contribution in [1.29, 1.82) is 0 Å². The molecule has 1 atom stereocenters. The van der Waals surface area contributed by atoms with E-state index >= 15 is 0 Å². The fourth-order valence-electron chi connectivity index (χ4n) is 0.964.